The minimum atomic E-state index is -0.480. The molecule has 1 aliphatic rings. The number of hydrogen-bond acceptors (Lipinski definition) is 5. The summed E-state index contributed by atoms with van der Waals surface area (Å²) in [5, 5.41) is 4.06. The molecule has 1 amide bonds. The third-order valence-electron chi connectivity index (χ3n) is 4.25. The first-order chi connectivity index (χ1) is 11.7. The van der Waals surface area contributed by atoms with Crippen molar-refractivity contribution in [3.8, 4) is 0 Å². The fraction of sp³-hybridized carbons (Fsp3) is 0.412. The fourth-order valence-corrected chi connectivity index (χ4v) is 2.98. The number of amides is 1. The number of carbonyl (C=O) groups is 2. The van der Waals surface area contributed by atoms with Gasteiger partial charge in [-0.25, -0.2) is 14.5 Å². The zero-order chi connectivity index (χ0) is 16.9. The highest BCUT2D eigenvalue weighted by atomic mass is 16.5. The van der Waals surface area contributed by atoms with Crippen LogP contribution >= 0.6 is 0 Å². The van der Waals surface area contributed by atoms with Crippen molar-refractivity contribution in [2.24, 2.45) is 0 Å². The van der Waals surface area contributed by atoms with E-state index < -0.39 is 6.04 Å². The molecule has 1 saturated heterocycles. The number of likely N-dealkylation sites (tertiary alicyclic amines) is 1. The molecule has 1 aliphatic heterocycles. The number of piperidine rings is 1. The van der Waals surface area contributed by atoms with Gasteiger partial charge in [0, 0.05) is 12.1 Å². The average molecular weight is 328 g/mol. The van der Waals surface area contributed by atoms with E-state index in [1.54, 1.807) is 28.0 Å². The van der Waals surface area contributed by atoms with Crippen LogP contribution in [0.5, 0.6) is 0 Å². The second kappa shape index (κ2) is 7.25. The maximum absolute atomic E-state index is 12.7. The zero-order valence-corrected chi connectivity index (χ0v) is 13.6. The normalized spacial score (nSPS) is 17.5. The Balaban J connectivity index is 1.72. The van der Waals surface area contributed by atoms with Crippen molar-refractivity contribution in [1.29, 1.82) is 0 Å². The van der Waals surface area contributed by atoms with Crippen LogP contribution in [0.1, 0.15) is 35.2 Å². The van der Waals surface area contributed by atoms with Gasteiger partial charge in [-0.1, -0.05) is 12.1 Å². The molecule has 1 aromatic carbocycles. The highest BCUT2D eigenvalue weighted by Crippen LogP contribution is 2.21. The Labute approximate surface area is 140 Å². The molecule has 0 bridgehead atoms. The van der Waals surface area contributed by atoms with Gasteiger partial charge in [0.25, 0.3) is 5.91 Å². The highest BCUT2D eigenvalue weighted by molar-refractivity contribution is 5.97. The van der Waals surface area contributed by atoms with Gasteiger partial charge in [0.05, 0.1) is 13.7 Å². The monoisotopic (exact) mass is 328 g/mol. The van der Waals surface area contributed by atoms with Gasteiger partial charge >= 0.3 is 5.97 Å². The predicted molar refractivity (Wildman–Crippen MR) is 86.3 cm³/mol. The summed E-state index contributed by atoms with van der Waals surface area (Å²) in [4.78, 5) is 30.2. The van der Waals surface area contributed by atoms with Gasteiger partial charge in [-0.2, -0.15) is 5.10 Å². The molecule has 0 radical (unpaired) electrons. The molecule has 24 heavy (non-hydrogen) atoms. The van der Waals surface area contributed by atoms with E-state index in [2.05, 4.69) is 10.1 Å². The predicted octanol–water partition coefficient (Wildman–Crippen LogP) is 1.49. The topological polar surface area (TPSA) is 77.3 Å². The number of aromatic nitrogens is 3. The van der Waals surface area contributed by atoms with Crippen LogP contribution in [0.3, 0.4) is 0 Å². The van der Waals surface area contributed by atoms with E-state index in [-0.39, 0.29) is 11.9 Å². The van der Waals surface area contributed by atoms with Crippen molar-refractivity contribution in [3.63, 3.8) is 0 Å². The van der Waals surface area contributed by atoms with Gasteiger partial charge in [-0.05, 0) is 37.0 Å². The molecule has 1 aromatic heterocycles. The SMILES string of the molecule is COC(=O)C1CCCCN1C(=O)c1ccc(Cn2cncn2)cc1. The molecule has 7 heteroatoms. The summed E-state index contributed by atoms with van der Waals surface area (Å²) in [5.41, 5.74) is 1.60. The van der Waals surface area contributed by atoms with E-state index in [0.29, 0.717) is 25.1 Å². The van der Waals surface area contributed by atoms with Gasteiger partial charge in [-0.15, -0.1) is 0 Å². The van der Waals surface area contributed by atoms with Gasteiger partial charge in [0.1, 0.15) is 18.7 Å². The Hall–Kier alpha value is -2.70. The second-order valence-electron chi connectivity index (χ2n) is 5.82. The number of rotatable bonds is 4. The molecule has 0 N–H and O–H groups in total. The van der Waals surface area contributed by atoms with Gasteiger partial charge in [0.15, 0.2) is 0 Å². The van der Waals surface area contributed by atoms with Crippen LogP contribution in [0.25, 0.3) is 0 Å². The van der Waals surface area contributed by atoms with Crippen LogP contribution in [0, 0.1) is 0 Å². The summed E-state index contributed by atoms with van der Waals surface area (Å²) in [6.45, 7) is 1.18. The molecule has 126 valence electrons. The van der Waals surface area contributed by atoms with E-state index in [4.69, 9.17) is 4.74 Å². The third kappa shape index (κ3) is 3.45. The minimum absolute atomic E-state index is 0.127. The zero-order valence-electron chi connectivity index (χ0n) is 13.6. The Kier molecular flexibility index (Phi) is 4.88. The Morgan fingerprint density at radius 2 is 2.04 bits per heavy atom. The lowest BCUT2D eigenvalue weighted by atomic mass is 10.0. The molecular formula is C17H20N4O3. The summed E-state index contributed by atoms with van der Waals surface area (Å²) < 4.78 is 6.55. The van der Waals surface area contributed by atoms with Crippen molar-refractivity contribution >= 4 is 11.9 Å². The van der Waals surface area contributed by atoms with Crippen LogP contribution in [-0.4, -0.2) is 51.2 Å². The molecule has 0 spiro atoms. The number of methoxy groups -OCH3 is 1. The number of carbonyl (C=O) groups excluding carboxylic acids is 2. The highest BCUT2D eigenvalue weighted by Gasteiger charge is 2.33. The maximum atomic E-state index is 12.7. The summed E-state index contributed by atoms with van der Waals surface area (Å²) in [6, 6.07) is 6.89. The number of nitrogens with zero attached hydrogens (tertiary/aromatic N) is 4. The molecule has 2 aromatic rings. The summed E-state index contributed by atoms with van der Waals surface area (Å²) in [7, 11) is 1.36. The quantitative estimate of drug-likeness (QED) is 0.795. The smallest absolute Gasteiger partial charge is 0.328 e. The second-order valence-corrected chi connectivity index (χ2v) is 5.82. The number of hydrogen-bond donors (Lipinski definition) is 0. The lowest BCUT2D eigenvalue weighted by molar-refractivity contribution is -0.147. The van der Waals surface area contributed by atoms with Gasteiger partial charge in [-0.3, -0.25) is 4.79 Å². The number of benzene rings is 1. The van der Waals surface area contributed by atoms with Crippen LogP contribution in [0.4, 0.5) is 0 Å². The van der Waals surface area contributed by atoms with Crippen LogP contribution in [0.15, 0.2) is 36.9 Å². The largest absolute Gasteiger partial charge is 0.467 e. The first-order valence-electron chi connectivity index (χ1n) is 7.99. The molecule has 2 heterocycles. The van der Waals surface area contributed by atoms with E-state index in [1.165, 1.54) is 13.4 Å². The third-order valence-corrected chi connectivity index (χ3v) is 4.25. The Morgan fingerprint density at radius 3 is 2.71 bits per heavy atom. The Bertz CT molecular complexity index is 697. The standard InChI is InChI=1S/C17H20N4O3/c1-24-17(23)15-4-2-3-9-21(15)16(22)14-7-5-13(6-8-14)10-20-12-18-11-19-20/h5-8,11-12,15H,2-4,9-10H2,1H3. The molecule has 0 saturated carbocycles. The summed E-state index contributed by atoms with van der Waals surface area (Å²) >= 11 is 0. The minimum Gasteiger partial charge on any atom is -0.467 e. The summed E-state index contributed by atoms with van der Waals surface area (Å²) in [5.74, 6) is -0.469. The molecule has 3 rings (SSSR count). The van der Waals surface area contributed by atoms with Crippen LogP contribution in [-0.2, 0) is 16.1 Å². The van der Waals surface area contributed by atoms with Gasteiger partial charge in [0.2, 0.25) is 0 Å². The van der Waals surface area contributed by atoms with E-state index >= 15 is 0 Å². The van der Waals surface area contributed by atoms with Crippen molar-refractivity contribution < 1.29 is 14.3 Å². The number of esters is 1. The van der Waals surface area contributed by atoms with Crippen molar-refractivity contribution in [2.45, 2.75) is 31.8 Å². The van der Waals surface area contributed by atoms with E-state index in [9.17, 15) is 9.59 Å². The average Bonchev–Trinajstić information content (AvgIpc) is 3.14. The first kappa shape index (κ1) is 16.2. The van der Waals surface area contributed by atoms with Crippen molar-refractivity contribution in [1.82, 2.24) is 19.7 Å². The Morgan fingerprint density at radius 1 is 1.25 bits per heavy atom. The molecule has 1 fully saturated rings. The molecule has 1 atom stereocenters. The lowest BCUT2D eigenvalue weighted by Gasteiger charge is -2.33. The van der Waals surface area contributed by atoms with Crippen molar-refractivity contribution in [3.05, 3.63) is 48.0 Å². The van der Waals surface area contributed by atoms with Crippen LogP contribution in [0.2, 0.25) is 0 Å². The fourth-order valence-electron chi connectivity index (χ4n) is 2.98. The summed E-state index contributed by atoms with van der Waals surface area (Å²) in [6.07, 6.45) is 5.63. The maximum Gasteiger partial charge on any atom is 0.328 e. The number of ether oxygens (including phenoxy) is 1. The van der Waals surface area contributed by atoms with Crippen molar-refractivity contribution in [2.75, 3.05) is 13.7 Å². The van der Waals surface area contributed by atoms with Gasteiger partial charge < -0.3 is 9.64 Å². The molecular weight excluding hydrogens is 308 g/mol. The van der Waals surface area contributed by atoms with E-state index in [1.807, 2.05) is 12.1 Å². The molecule has 7 nitrogen and oxygen atoms in total. The van der Waals surface area contributed by atoms with E-state index in [0.717, 1.165) is 18.4 Å². The lowest BCUT2D eigenvalue weighted by Crippen LogP contribution is -2.48. The molecule has 0 aliphatic carbocycles. The molecule has 1 unspecified atom stereocenters. The first-order valence-corrected chi connectivity index (χ1v) is 7.99. The van der Waals surface area contributed by atoms with Crippen LogP contribution < -0.4 is 0 Å².